The van der Waals surface area contributed by atoms with Gasteiger partial charge in [0.25, 0.3) is 0 Å². The van der Waals surface area contributed by atoms with Crippen LogP contribution in [0.4, 0.5) is 5.69 Å². The van der Waals surface area contributed by atoms with Crippen molar-refractivity contribution in [3.8, 4) is 0 Å². The number of likely N-dealkylation sites (tertiary alicyclic amines) is 1. The molecule has 2 aromatic rings. The molecule has 0 unspecified atom stereocenters. The maximum Gasteiger partial charge on any atom is 0.230 e. The van der Waals surface area contributed by atoms with Crippen molar-refractivity contribution in [2.24, 2.45) is 11.8 Å². The minimum Gasteiger partial charge on any atom is -0.312 e. The molecule has 10 heteroatoms. The highest BCUT2D eigenvalue weighted by atomic mass is 32.2. The van der Waals surface area contributed by atoms with Crippen molar-refractivity contribution in [3.63, 3.8) is 0 Å². The van der Waals surface area contributed by atoms with Gasteiger partial charge in [0.2, 0.25) is 15.9 Å². The Morgan fingerprint density at radius 1 is 0.857 bits per heavy atom. The molecule has 0 bridgehead atoms. The number of hydrogen-bond donors (Lipinski definition) is 0. The molecular formula is C32H47N3O5S2. The molecule has 0 radical (unpaired) electrons. The fourth-order valence-corrected chi connectivity index (χ4v) is 7.64. The Morgan fingerprint density at radius 3 is 1.98 bits per heavy atom. The normalized spacial score (nSPS) is 18.4. The molecule has 0 N–H and O–H groups in total. The third kappa shape index (κ3) is 8.88. The summed E-state index contributed by atoms with van der Waals surface area (Å²) in [5.41, 5.74) is 3.33. The van der Waals surface area contributed by atoms with Gasteiger partial charge in [-0.3, -0.25) is 4.79 Å². The van der Waals surface area contributed by atoms with Crippen LogP contribution in [0.15, 0.2) is 53.4 Å². The van der Waals surface area contributed by atoms with Crippen molar-refractivity contribution in [1.29, 1.82) is 0 Å². The van der Waals surface area contributed by atoms with Gasteiger partial charge in [0, 0.05) is 37.5 Å². The maximum absolute atomic E-state index is 13.8. The summed E-state index contributed by atoms with van der Waals surface area (Å²) in [7, 11) is -6.41. The quantitative estimate of drug-likeness (QED) is 0.367. The SMILES string of the molecule is CC(C)c1ccc(N(CCCN2CCC(Cc3ccc(S(C)(=O)=O)cc3)CC2)C(=O)C2CCN(S(C)(=O)=O)CC2)cc1. The molecule has 0 spiro atoms. The minimum atomic E-state index is -3.24. The average molecular weight is 618 g/mol. The van der Waals surface area contributed by atoms with Crippen LogP contribution in [0, 0.1) is 11.8 Å². The van der Waals surface area contributed by atoms with E-state index in [1.54, 1.807) is 12.1 Å². The molecule has 0 aliphatic carbocycles. The number of carbonyl (C=O) groups is 1. The maximum atomic E-state index is 13.8. The van der Waals surface area contributed by atoms with Crippen LogP contribution in [-0.4, -0.2) is 83.7 Å². The van der Waals surface area contributed by atoms with E-state index in [2.05, 4.69) is 30.9 Å². The number of anilines is 1. The van der Waals surface area contributed by atoms with Crippen molar-refractivity contribution < 1.29 is 21.6 Å². The van der Waals surface area contributed by atoms with Gasteiger partial charge in [-0.05, 0) is 105 Å². The molecular weight excluding hydrogens is 571 g/mol. The lowest BCUT2D eigenvalue weighted by atomic mass is 9.90. The second kappa shape index (κ2) is 14.0. The number of nitrogens with zero attached hydrogens (tertiary/aromatic N) is 3. The Labute approximate surface area is 253 Å². The fraction of sp³-hybridized carbons (Fsp3) is 0.594. The topological polar surface area (TPSA) is 95.1 Å². The summed E-state index contributed by atoms with van der Waals surface area (Å²) >= 11 is 0. The smallest absolute Gasteiger partial charge is 0.230 e. The highest BCUT2D eigenvalue weighted by Crippen LogP contribution is 2.27. The van der Waals surface area contributed by atoms with E-state index in [9.17, 15) is 21.6 Å². The van der Waals surface area contributed by atoms with Gasteiger partial charge in [0.05, 0.1) is 11.2 Å². The van der Waals surface area contributed by atoms with Crippen LogP contribution < -0.4 is 4.90 Å². The van der Waals surface area contributed by atoms with Gasteiger partial charge in [-0.2, -0.15) is 0 Å². The molecule has 2 saturated heterocycles. The van der Waals surface area contributed by atoms with E-state index >= 15 is 0 Å². The third-order valence-electron chi connectivity index (χ3n) is 8.85. The molecule has 0 atom stereocenters. The van der Waals surface area contributed by atoms with Crippen LogP contribution in [0.1, 0.15) is 63.0 Å². The van der Waals surface area contributed by atoms with E-state index in [1.807, 2.05) is 29.2 Å². The molecule has 2 aliphatic heterocycles. The Kier molecular flexibility index (Phi) is 10.9. The van der Waals surface area contributed by atoms with Crippen molar-refractivity contribution in [2.75, 3.05) is 56.7 Å². The van der Waals surface area contributed by atoms with Gasteiger partial charge in [-0.15, -0.1) is 0 Å². The molecule has 1 amide bonds. The molecule has 232 valence electrons. The Balaban J connectivity index is 1.31. The monoisotopic (exact) mass is 617 g/mol. The summed E-state index contributed by atoms with van der Waals surface area (Å²) in [5.74, 6) is 0.926. The van der Waals surface area contributed by atoms with E-state index in [4.69, 9.17) is 0 Å². The molecule has 2 aliphatic rings. The zero-order valence-corrected chi connectivity index (χ0v) is 27.2. The van der Waals surface area contributed by atoms with Gasteiger partial charge >= 0.3 is 0 Å². The van der Waals surface area contributed by atoms with Gasteiger partial charge in [0.15, 0.2) is 9.84 Å². The highest BCUT2D eigenvalue weighted by Gasteiger charge is 2.32. The second-order valence-electron chi connectivity index (χ2n) is 12.4. The van der Waals surface area contributed by atoms with E-state index in [1.165, 1.54) is 27.9 Å². The molecule has 0 aromatic heterocycles. The molecule has 0 saturated carbocycles. The molecule has 42 heavy (non-hydrogen) atoms. The van der Waals surface area contributed by atoms with Crippen LogP contribution >= 0.6 is 0 Å². The summed E-state index contributed by atoms with van der Waals surface area (Å²) in [4.78, 5) is 18.5. The van der Waals surface area contributed by atoms with Gasteiger partial charge in [0.1, 0.15) is 0 Å². The number of carbonyl (C=O) groups excluding carboxylic acids is 1. The summed E-state index contributed by atoms with van der Waals surface area (Å²) < 4.78 is 48.9. The fourth-order valence-electron chi connectivity index (χ4n) is 6.13. The van der Waals surface area contributed by atoms with E-state index in [0.29, 0.717) is 49.2 Å². The summed E-state index contributed by atoms with van der Waals surface area (Å²) in [6.45, 7) is 8.71. The lowest BCUT2D eigenvalue weighted by molar-refractivity contribution is -0.123. The standard InChI is InChI=1S/C32H47N3O5S2/c1-25(2)28-8-10-30(11-9-28)35(32(36)29-16-22-34(23-17-29)42(4,39)40)19-5-18-33-20-14-27(15-21-33)24-26-6-12-31(13-7-26)41(3,37)38/h6-13,25,27,29H,5,14-24H2,1-4H3. The van der Waals surface area contributed by atoms with Gasteiger partial charge in [-0.1, -0.05) is 38.1 Å². The van der Waals surface area contributed by atoms with Gasteiger partial charge < -0.3 is 9.80 Å². The number of rotatable bonds is 11. The zero-order valence-electron chi connectivity index (χ0n) is 25.5. The molecule has 2 heterocycles. The summed E-state index contributed by atoms with van der Waals surface area (Å²) in [5, 5.41) is 0. The number of hydrogen-bond acceptors (Lipinski definition) is 6. The predicted molar refractivity (Wildman–Crippen MR) is 169 cm³/mol. The number of benzene rings is 2. The Morgan fingerprint density at radius 2 is 1.45 bits per heavy atom. The summed E-state index contributed by atoms with van der Waals surface area (Å²) in [6.07, 6.45) is 7.62. The first-order valence-corrected chi connectivity index (χ1v) is 18.9. The van der Waals surface area contributed by atoms with Crippen LogP contribution in [-0.2, 0) is 31.1 Å². The number of sulfone groups is 1. The van der Waals surface area contributed by atoms with Crippen molar-refractivity contribution in [3.05, 3.63) is 59.7 Å². The van der Waals surface area contributed by atoms with E-state index in [-0.39, 0.29) is 11.8 Å². The van der Waals surface area contributed by atoms with Crippen molar-refractivity contribution >= 4 is 31.5 Å². The zero-order chi connectivity index (χ0) is 30.5. The third-order valence-corrected chi connectivity index (χ3v) is 11.3. The van der Waals surface area contributed by atoms with Crippen LogP contribution in [0.25, 0.3) is 0 Å². The van der Waals surface area contributed by atoms with Crippen molar-refractivity contribution in [1.82, 2.24) is 9.21 Å². The predicted octanol–water partition coefficient (Wildman–Crippen LogP) is 4.56. The lowest BCUT2D eigenvalue weighted by Crippen LogP contribution is -2.45. The first-order valence-electron chi connectivity index (χ1n) is 15.2. The average Bonchev–Trinajstić information content (AvgIpc) is 2.95. The van der Waals surface area contributed by atoms with E-state index < -0.39 is 19.9 Å². The minimum absolute atomic E-state index is 0.0982. The first-order chi connectivity index (χ1) is 19.8. The second-order valence-corrected chi connectivity index (χ2v) is 16.4. The van der Waals surface area contributed by atoms with Crippen LogP contribution in [0.5, 0.6) is 0 Å². The summed E-state index contributed by atoms with van der Waals surface area (Å²) in [6, 6.07) is 15.6. The number of amides is 1. The Bertz CT molecular complexity index is 1390. The largest absolute Gasteiger partial charge is 0.312 e. The van der Waals surface area contributed by atoms with Gasteiger partial charge in [-0.25, -0.2) is 21.1 Å². The molecule has 4 rings (SSSR count). The van der Waals surface area contributed by atoms with Crippen LogP contribution in [0.3, 0.4) is 0 Å². The molecule has 2 aromatic carbocycles. The first kappa shape index (κ1) is 32.6. The number of sulfonamides is 1. The number of piperidine rings is 2. The molecule has 2 fully saturated rings. The molecule has 8 nitrogen and oxygen atoms in total. The van der Waals surface area contributed by atoms with Crippen LogP contribution in [0.2, 0.25) is 0 Å². The van der Waals surface area contributed by atoms with Crippen molar-refractivity contribution in [2.45, 2.75) is 63.2 Å². The van der Waals surface area contributed by atoms with E-state index in [0.717, 1.165) is 51.0 Å². The highest BCUT2D eigenvalue weighted by molar-refractivity contribution is 7.90. The lowest BCUT2D eigenvalue weighted by Gasteiger charge is -2.35. The Hall–Kier alpha value is -2.27.